The Morgan fingerprint density at radius 3 is 1.60 bits per heavy atom. The summed E-state index contributed by atoms with van der Waals surface area (Å²) in [5, 5.41) is 13.6. The Hall–Kier alpha value is -2.40. The molecule has 4 N–H and O–H groups in total. The van der Waals surface area contributed by atoms with Crippen LogP contribution in [0.1, 0.15) is 98.8 Å². The number of amides is 1. The number of aliphatic carboxylic acids is 1. The van der Waals surface area contributed by atoms with Gasteiger partial charge in [-0.2, -0.15) is 0 Å². The van der Waals surface area contributed by atoms with Crippen LogP contribution in [-0.2, 0) is 9.59 Å². The van der Waals surface area contributed by atoms with Gasteiger partial charge >= 0.3 is 0 Å². The van der Waals surface area contributed by atoms with Crippen molar-refractivity contribution < 1.29 is 20.4 Å². The lowest BCUT2D eigenvalue weighted by Crippen LogP contribution is -2.58. The van der Waals surface area contributed by atoms with Gasteiger partial charge in [0.2, 0.25) is 5.91 Å². The summed E-state index contributed by atoms with van der Waals surface area (Å²) in [6.07, 6.45) is 29.9. The summed E-state index contributed by atoms with van der Waals surface area (Å²) in [5.41, 5.74) is 3.76. The fourth-order valence-electron chi connectivity index (χ4n) is 2.70. The molecular formula is C30H52N2O3. The first-order chi connectivity index (χ1) is 16.7. The molecule has 0 aromatic carbocycles. The lowest BCUT2D eigenvalue weighted by molar-refractivity contribution is -0.414. The summed E-state index contributed by atoms with van der Waals surface area (Å²) >= 11 is 0. The predicted molar refractivity (Wildman–Crippen MR) is 147 cm³/mol. The molecule has 0 aliphatic carbocycles. The van der Waals surface area contributed by atoms with Gasteiger partial charge in [-0.05, 0) is 70.6 Å². The SMILES string of the molecule is CC/C=C\C/C=C\C/C=C\C/C=C\C/C=C\CCCC(=O)N[C@@H](CC(C)C)C(=O)[O-].CCC(C)[NH3+]. The second-order valence-electron chi connectivity index (χ2n) is 9.18. The van der Waals surface area contributed by atoms with E-state index in [0.29, 0.717) is 25.3 Å². The molecule has 0 bridgehead atoms. The van der Waals surface area contributed by atoms with Crippen molar-refractivity contribution in [2.45, 2.75) is 111 Å². The minimum Gasteiger partial charge on any atom is -0.548 e. The molecule has 5 nitrogen and oxygen atoms in total. The van der Waals surface area contributed by atoms with E-state index in [1.54, 1.807) is 0 Å². The van der Waals surface area contributed by atoms with Crippen LogP contribution in [0.3, 0.4) is 0 Å². The smallest absolute Gasteiger partial charge is 0.220 e. The van der Waals surface area contributed by atoms with Crippen LogP contribution in [0.25, 0.3) is 0 Å². The number of carboxylic acid groups (broad SMARTS) is 1. The molecule has 200 valence electrons. The minimum atomic E-state index is -1.21. The molecule has 0 saturated carbocycles. The van der Waals surface area contributed by atoms with E-state index in [1.807, 2.05) is 13.8 Å². The molecule has 0 spiro atoms. The molecule has 0 aliphatic rings. The van der Waals surface area contributed by atoms with Crippen LogP contribution < -0.4 is 16.2 Å². The lowest BCUT2D eigenvalue weighted by atomic mass is 10.0. The molecule has 1 amide bonds. The lowest BCUT2D eigenvalue weighted by Gasteiger charge is -2.21. The molecule has 0 radical (unpaired) electrons. The van der Waals surface area contributed by atoms with Gasteiger partial charge in [-0.3, -0.25) is 4.79 Å². The van der Waals surface area contributed by atoms with E-state index in [2.05, 4.69) is 92.6 Å². The summed E-state index contributed by atoms with van der Waals surface area (Å²) in [5.74, 6) is -1.25. The van der Waals surface area contributed by atoms with Crippen molar-refractivity contribution in [3.8, 4) is 0 Å². The highest BCUT2D eigenvalue weighted by atomic mass is 16.4. The molecule has 0 fully saturated rings. The van der Waals surface area contributed by atoms with E-state index in [9.17, 15) is 14.7 Å². The molecule has 0 rings (SSSR count). The number of hydrogen-bond acceptors (Lipinski definition) is 3. The number of nitrogens with one attached hydrogen (secondary N) is 1. The van der Waals surface area contributed by atoms with E-state index >= 15 is 0 Å². The number of allylic oxidation sites excluding steroid dienone is 10. The monoisotopic (exact) mass is 488 g/mol. The van der Waals surface area contributed by atoms with Crippen LogP contribution in [-0.4, -0.2) is 24.0 Å². The van der Waals surface area contributed by atoms with Gasteiger partial charge in [0, 0.05) is 6.42 Å². The fourth-order valence-corrected chi connectivity index (χ4v) is 2.70. The van der Waals surface area contributed by atoms with Crippen molar-refractivity contribution in [3.05, 3.63) is 60.8 Å². The van der Waals surface area contributed by atoms with Crippen LogP contribution in [0.5, 0.6) is 0 Å². The molecule has 1 unspecified atom stereocenters. The van der Waals surface area contributed by atoms with Gasteiger partial charge in [-0.15, -0.1) is 0 Å². The standard InChI is InChI=1S/C26H41NO3.C4H11N/c1-4-5-6-7-8-9-10-11-12-13-14-15-16-17-18-19-20-21-25(28)27-24(26(29)30)22-23(2)3;1-3-4(2)5/h5-6,8-9,11-12,14-15,17-18,23-24H,4,7,10,13,16,19-22H2,1-3H3,(H,27,28)(H,29,30);4H,3,5H2,1-2H3/b6-5-,9-8-,12-11-,15-14-,18-17-;/t24-;/m0./s1. The number of unbranched alkanes of at least 4 members (excludes halogenated alkanes) is 1. The van der Waals surface area contributed by atoms with Gasteiger partial charge in [-0.1, -0.05) is 88.5 Å². The van der Waals surface area contributed by atoms with E-state index in [0.717, 1.165) is 38.5 Å². The maximum absolute atomic E-state index is 11.8. The van der Waals surface area contributed by atoms with Crippen molar-refractivity contribution in [2.75, 3.05) is 0 Å². The molecule has 5 heteroatoms. The van der Waals surface area contributed by atoms with Gasteiger partial charge in [0.15, 0.2) is 0 Å². The van der Waals surface area contributed by atoms with E-state index in [-0.39, 0.29) is 11.8 Å². The third kappa shape index (κ3) is 29.6. The van der Waals surface area contributed by atoms with E-state index in [4.69, 9.17) is 0 Å². The summed E-state index contributed by atoms with van der Waals surface area (Å²) in [7, 11) is 0. The third-order valence-electron chi connectivity index (χ3n) is 4.96. The highest BCUT2D eigenvalue weighted by Crippen LogP contribution is 2.05. The predicted octanol–water partition coefficient (Wildman–Crippen LogP) is 5.22. The molecule has 0 saturated heterocycles. The molecule has 2 atom stereocenters. The summed E-state index contributed by atoms with van der Waals surface area (Å²) in [6.45, 7) is 10.2. The highest BCUT2D eigenvalue weighted by molar-refractivity contribution is 5.82. The van der Waals surface area contributed by atoms with Crippen LogP contribution in [0.2, 0.25) is 0 Å². The topological polar surface area (TPSA) is 96.9 Å². The first-order valence-electron chi connectivity index (χ1n) is 13.3. The molecular weight excluding hydrogens is 436 g/mol. The van der Waals surface area contributed by atoms with Crippen LogP contribution in [0.4, 0.5) is 0 Å². The Morgan fingerprint density at radius 1 is 0.800 bits per heavy atom. The zero-order chi connectivity index (χ0) is 26.7. The molecule has 35 heavy (non-hydrogen) atoms. The van der Waals surface area contributed by atoms with Crippen LogP contribution in [0, 0.1) is 5.92 Å². The van der Waals surface area contributed by atoms with Crippen molar-refractivity contribution in [3.63, 3.8) is 0 Å². The largest absolute Gasteiger partial charge is 0.548 e. The number of rotatable bonds is 18. The normalized spacial score (nSPS) is 13.8. The maximum atomic E-state index is 11.8. The van der Waals surface area contributed by atoms with Gasteiger partial charge < -0.3 is 21.0 Å². The van der Waals surface area contributed by atoms with Crippen molar-refractivity contribution in [1.29, 1.82) is 0 Å². The van der Waals surface area contributed by atoms with Crippen LogP contribution >= 0.6 is 0 Å². The third-order valence-corrected chi connectivity index (χ3v) is 4.96. The Labute approximate surface area is 215 Å². The minimum absolute atomic E-state index is 0.189. The number of carbonyl (C=O) groups is 2. The Balaban J connectivity index is 0. The second-order valence-corrected chi connectivity index (χ2v) is 9.18. The average Bonchev–Trinajstić information content (AvgIpc) is 2.80. The Morgan fingerprint density at radius 2 is 1.23 bits per heavy atom. The first-order valence-corrected chi connectivity index (χ1v) is 13.3. The molecule has 0 aliphatic heterocycles. The zero-order valence-corrected chi connectivity index (χ0v) is 23.0. The van der Waals surface area contributed by atoms with Gasteiger partial charge in [0.1, 0.15) is 0 Å². The maximum Gasteiger partial charge on any atom is 0.220 e. The van der Waals surface area contributed by atoms with Gasteiger partial charge in [0.25, 0.3) is 0 Å². The van der Waals surface area contributed by atoms with E-state index < -0.39 is 12.0 Å². The van der Waals surface area contributed by atoms with Gasteiger partial charge in [-0.25, -0.2) is 0 Å². The number of hydrogen-bond donors (Lipinski definition) is 2. The summed E-state index contributed by atoms with van der Waals surface area (Å²) < 4.78 is 0. The zero-order valence-electron chi connectivity index (χ0n) is 23.0. The van der Waals surface area contributed by atoms with Crippen molar-refractivity contribution in [2.24, 2.45) is 5.92 Å². The quantitative estimate of drug-likeness (QED) is 0.205. The highest BCUT2D eigenvalue weighted by Gasteiger charge is 2.14. The molecule has 0 heterocycles. The van der Waals surface area contributed by atoms with Crippen LogP contribution in [0.15, 0.2) is 60.8 Å². The first kappa shape index (κ1) is 34.8. The second kappa shape index (κ2) is 26.2. The molecule has 0 aromatic rings. The van der Waals surface area contributed by atoms with Gasteiger partial charge in [0.05, 0.1) is 18.1 Å². The number of quaternary nitrogens is 1. The number of carboxylic acids is 1. The summed E-state index contributed by atoms with van der Waals surface area (Å²) in [6, 6.07) is -0.263. The summed E-state index contributed by atoms with van der Waals surface area (Å²) in [4.78, 5) is 22.9. The van der Waals surface area contributed by atoms with Crippen molar-refractivity contribution in [1.82, 2.24) is 5.32 Å². The number of carbonyl (C=O) groups excluding carboxylic acids is 2. The Bertz CT molecular complexity index is 659. The Kier molecular flexibility index (Phi) is 26.0. The van der Waals surface area contributed by atoms with Crippen molar-refractivity contribution >= 4 is 11.9 Å². The molecule has 0 aromatic heterocycles. The fraction of sp³-hybridized carbons (Fsp3) is 0.600. The average molecular weight is 489 g/mol. The van der Waals surface area contributed by atoms with E-state index in [1.165, 1.54) is 6.42 Å².